The molecule has 0 spiro atoms. The summed E-state index contributed by atoms with van der Waals surface area (Å²) < 4.78 is 37.8. The van der Waals surface area contributed by atoms with Gasteiger partial charge in [0.25, 0.3) is 0 Å². The second-order valence-electron chi connectivity index (χ2n) is 8.14. The molecule has 8 nitrogen and oxygen atoms in total. The van der Waals surface area contributed by atoms with Gasteiger partial charge in [-0.3, -0.25) is 9.69 Å². The fraction of sp³-hybridized carbons (Fsp3) is 0.435. The smallest absolute Gasteiger partial charge is 0.243 e. The van der Waals surface area contributed by atoms with Crippen LogP contribution >= 0.6 is 11.6 Å². The minimum absolute atomic E-state index is 0.0848. The van der Waals surface area contributed by atoms with Gasteiger partial charge in [-0.25, -0.2) is 8.42 Å². The van der Waals surface area contributed by atoms with Gasteiger partial charge in [0.15, 0.2) is 0 Å². The first-order valence-electron chi connectivity index (χ1n) is 10.6. The van der Waals surface area contributed by atoms with Crippen LogP contribution in [0.1, 0.15) is 16.7 Å². The van der Waals surface area contributed by atoms with Gasteiger partial charge >= 0.3 is 0 Å². The lowest BCUT2D eigenvalue weighted by atomic mass is 10.1. The van der Waals surface area contributed by atoms with Gasteiger partial charge in [-0.1, -0.05) is 23.7 Å². The molecule has 0 bridgehead atoms. The average molecular weight is 496 g/mol. The van der Waals surface area contributed by atoms with E-state index in [4.69, 9.17) is 21.1 Å². The third kappa shape index (κ3) is 6.24. The highest BCUT2D eigenvalue weighted by atomic mass is 35.5. The fourth-order valence-electron chi connectivity index (χ4n) is 3.95. The molecule has 3 rings (SSSR count). The van der Waals surface area contributed by atoms with E-state index in [2.05, 4.69) is 5.32 Å². The van der Waals surface area contributed by atoms with Gasteiger partial charge in [0.05, 0.1) is 42.5 Å². The SMILES string of the molecule is COc1c(C)cc(CN(C)CC(=O)Nc2cc(S(=O)(=O)N3CCOCC3)ccc2Cl)cc1C. The third-order valence-electron chi connectivity index (χ3n) is 5.41. The summed E-state index contributed by atoms with van der Waals surface area (Å²) in [6, 6.07) is 8.41. The molecule has 1 fully saturated rings. The molecule has 1 aliphatic heterocycles. The summed E-state index contributed by atoms with van der Waals surface area (Å²) in [6.07, 6.45) is 0. The summed E-state index contributed by atoms with van der Waals surface area (Å²) in [6.45, 7) is 5.96. The van der Waals surface area contributed by atoms with E-state index in [1.54, 1.807) is 7.11 Å². The first kappa shape index (κ1) is 25.5. The number of aryl methyl sites for hydroxylation is 2. The number of nitrogens with one attached hydrogen (secondary N) is 1. The molecule has 2 aromatic carbocycles. The number of nitrogens with zero attached hydrogens (tertiary/aromatic N) is 2. The molecule has 0 aliphatic carbocycles. The molecule has 0 aromatic heterocycles. The van der Waals surface area contributed by atoms with Crippen LogP contribution in [0.25, 0.3) is 0 Å². The number of rotatable bonds is 8. The van der Waals surface area contributed by atoms with Gasteiger partial charge < -0.3 is 14.8 Å². The molecule has 0 atom stereocenters. The number of likely N-dealkylation sites (N-methyl/N-ethyl adjacent to an activating group) is 1. The van der Waals surface area contributed by atoms with Crippen molar-refractivity contribution < 1.29 is 22.7 Å². The number of methoxy groups -OCH3 is 1. The van der Waals surface area contributed by atoms with E-state index in [-0.39, 0.29) is 28.1 Å². The lowest BCUT2D eigenvalue weighted by Crippen LogP contribution is -2.40. The zero-order chi connectivity index (χ0) is 24.2. The summed E-state index contributed by atoms with van der Waals surface area (Å²) >= 11 is 6.24. The Hall–Kier alpha value is -2.17. The normalized spacial score (nSPS) is 15.0. The second-order valence-corrected chi connectivity index (χ2v) is 10.5. The lowest BCUT2D eigenvalue weighted by molar-refractivity contribution is -0.117. The number of carbonyl (C=O) groups is 1. The number of anilines is 1. The number of amides is 1. The summed E-state index contributed by atoms with van der Waals surface area (Å²) in [4.78, 5) is 14.6. The Kier molecular flexibility index (Phi) is 8.36. The number of ether oxygens (including phenoxy) is 2. The van der Waals surface area contributed by atoms with Gasteiger partial charge in [-0.05, 0) is 55.8 Å². The maximum absolute atomic E-state index is 12.9. The number of hydrogen-bond acceptors (Lipinski definition) is 6. The topological polar surface area (TPSA) is 88.2 Å². The van der Waals surface area contributed by atoms with Crippen molar-refractivity contribution in [2.45, 2.75) is 25.3 Å². The zero-order valence-corrected chi connectivity index (χ0v) is 20.9. The van der Waals surface area contributed by atoms with E-state index >= 15 is 0 Å². The Balaban J connectivity index is 1.67. The van der Waals surface area contributed by atoms with Crippen molar-refractivity contribution >= 4 is 33.2 Å². The first-order chi connectivity index (χ1) is 15.6. The highest BCUT2D eigenvalue weighted by molar-refractivity contribution is 7.89. The Bertz CT molecular complexity index is 1090. The van der Waals surface area contributed by atoms with Gasteiger partial charge in [0.1, 0.15) is 5.75 Å². The number of sulfonamides is 1. The molecule has 10 heteroatoms. The van der Waals surface area contributed by atoms with Crippen LogP contribution in [-0.2, 0) is 26.1 Å². The van der Waals surface area contributed by atoms with Crippen LogP contribution in [0.15, 0.2) is 35.2 Å². The molecular weight excluding hydrogens is 466 g/mol. The zero-order valence-electron chi connectivity index (χ0n) is 19.4. The fourth-order valence-corrected chi connectivity index (χ4v) is 5.55. The van der Waals surface area contributed by atoms with Crippen LogP contribution in [0, 0.1) is 13.8 Å². The Morgan fingerprint density at radius 1 is 1.18 bits per heavy atom. The molecule has 1 N–H and O–H groups in total. The van der Waals surface area contributed by atoms with Crippen molar-refractivity contribution in [2.75, 3.05) is 52.3 Å². The maximum atomic E-state index is 12.9. The minimum Gasteiger partial charge on any atom is -0.496 e. The Labute approximate surface area is 200 Å². The van der Waals surface area contributed by atoms with Gasteiger partial charge in [-0.2, -0.15) is 4.31 Å². The van der Waals surface area contributed by atoms with Crippen LogP contribution in [0.2, 0.25) is 5.02 Å². The quantitative estimate of drug-likeness (QED) is 0.605. The van der Waals surface area contributed by atoms with E-state index in [0.29, 0.717) is 32.8 Å². The number of hydrogen-bond donors (Lipinski definition) is 1. The van der Waals surface area contributed by atoms with Crippen LogP contribution in [-0.4, -0.2) is 70.5 Å². The van der Waals surface area contributed by atoms with E-state index in [9.17, 15) is 13.2 Å². The summed E-state index contributed by atoms with van der Waals surface area (Å²) in [7, 11) is -0.199. The molecule has 1 amide bonds. The van der Waals surface area contributed by atoms with Crippen molar-refractivity contribution in [3.63, 3.8) is 0 Å². The van der Waals surface area contributed by atoms with E-state index in [0.717, 1.165) is 22.4 Å². The van der Waals surface area contributed by atoms with E-state index in [1.165, 1.54) is 22.5 Å². The van der Waals surface area contributed by atoms with Gasteiger partial charge in [0, 0.05) is 19.6 Å². The molecule has 0 saturated carbocycles. The lowest BCUT2D eigenvalue weighted by Gasteiger charge is -2.26. The standard InChI is InChI=1S/C23H30ClN3O5S/c1-16-11-18(12-17(2)23(16)31-4)14-26(3)15-22(28)25-21-13-19(5-6-20(21)24)33(29,30)27-7-9-32-10-8-27/h5-6,11-13H,7-10,14-15H2,1-4H3,(H,25,28). The van der Waals surface area contributed by atoms with Crippen LogP contribution in [0.4, 0.5) is 5.69 Å². The van der Waals surface area contributed by atoms with Crippen molar-refractivity contribution in [2.24, 2.45) is 0 Å². The van der Waals surface area contributed by atoms with E-state index in [1.807, 2.05) is 37.9 Å². The third-order valence-corrected chi connectivity index (χ3v) is 7.63. The molecule has 2 aromatic rings. The first-order valence-corrected chi connectivity index (χ1v) is 12.4. The number of benzene rings is 2. The minimum atomic E-state index is -3.69. The molecule has 33 heavy (non-hydrogen) atoms. The predicted octanol–water partition coefficient (Wildman–Crippen LogP) is 3.06. The summed E-state index contributed by atoms with van der Waals surface area (Å²) in [5, 5.41) is 3.01. The van der Waals surface area contributed by atoms with Gasteiger partial charge in [-0.15, -0.1) is 0 Å². The highest BCUT2D eigenvalue weighted by Crippen LogP contribution is 2.28. The Morgan fingerprint density at radius 3 is 2.42 bits per heavy atom. The highest BCUT2D eigenvalue weighted by Gasteiger charge is 2.27. The number of carbonyl (C=O) groups excluding carboxylic acids is 1. The average Bonchev–Trinajstić information content (AvgIpc) is 2.75. The molecule has 1 saturated heterocycles. The van der Waals surface area contributed by atoms with Crippen molar-refractivity contribution in [3.05, 3.63) is 52.0 Å². The molecule has 1 aliphatic rings. The molecule has 0 unspecified atom stereocenters. The predicted molar refractivity (Wildman–Crippen MR) is 128 cm³/mol. The monoisotopic (exact) mass is 495 g/mol. The van der Waals surface area contributed by atoms with Crippen LogP contribution in [0.5, 0.6) is 5.75 Å². The largest absolute Gasteiger partial charge is 0.496 e. The second kappa shape index (κ2) is 10.8. The maximum Gasteiger partial charge on any atom is 0.243 e. The van der Waals surface area contributed by atoms with Crippen LogP contribution in [0.3, 0.4) is 0 Å². The number of halogens is 1. The molecule has 180 valence electrons. The molecular formula is C23H30ClN3O5S. The van der Waals surface area contributed by atoms with Gasteiger partial charge in [0.2, 0.25) is 15.9 Å². The van der Waals surface area contributed by atoms with E-state index < -0.39 is 10.0 Å². The van der Waals surface area contributed by atoms with Crippen molar-refractivity contribution in [1.82, 2.24) is 9.21 Å². The Morgan fingerprint density at radius 2 is 1.82 bits per heavy atom. The summed E-state index contributed by atoms with van der Waals surface area (Å²) in [5.41, 5.74) is 3.41. The summed E-state index contributed by atoms with van der Waals surface area (Å²) in [5.74, 6) is 0.572. The van der Waals surface area contributed by atoms with Crippen LogP contribution < -0.4 is 10.1 Å². The number of morpholine rings is 1. The van der Waals surface area contributed by atoms with Crippen molar-refractivity contribution in [3.8, 4) is 5.75 Å². The van der Waals surface area contributed by atoms with Crippen molar-refractivity contribution in [1.29, 1.82) is 0 Å². The molecule has 1 heterocycles. The molecule has 0 radical (unpaired) electrons.